The van der Waals surface area contributed by atoms with Crippen LogP contribution in [0.3, 0.4) is 0 Å². The van der Waals surface area contributed by atoms with Crippen LogP contribution >= 0.6 is 0 Å². The molecule has 2 atom stereocenters. The monoisotopic (exact) mass is 1140 g/mol. The maximum atomic E-state index is 12.5. The van der Waals surface area contributed by atoms with Crippen LogP contribution in [0.15, 0.2) is 36.5 Å². The number of unbranched alkanes of at least 4 members (excludes halogenated alkanes) is 60. The molecule has 0 aromatic carbocycles. The smallest absolute Gasteiger partial charge is 0.220 e. The molecule has 0 aliphatic carbocycles. The molecule has 0 radical (unpaired) electrons. The van der Waals surface area contributed by atoms with Gasteiger partial charge < -0.3 is 15.5 Å². The number of hydrogen-bond acceptors (Lipinski definition) is 3. The van der Waals surface area contributed by atoms with Crippen LogP contribution in [0.1, 0.15) is 431 Å². The molecule has 1 amide bonds. The second-order valence-corrected chi connectivity index (χ2v) is 26.1. The molecule has 0 spiro atoms. The summed E-state index contributed by atoms with van der Waals surface area (Å²) in [6.45, 7) is 4.35. The lowest BCUT2D eigenvalue weighted by Gasteiger charge is -2.19. The van der Waals surface area contributed by atoms with Crippen LogP contribution in [0.2, 0.25) is 0 Å². The zero-order chi connectivity index (χ0) is 58.4. The van der Waals surface area contributed by atoms with Gasteiger partial charge in [0.2, 0.25) is 5.91 Å². The molecule has 0 saturated carbocycles. The van der Waals surface area contributed by atoms with E-state index in [-0.39, 0.29) is 12.5 Å². The molecule has 0 saturated heterocycles. The Hall–Kier alpha value is -1.39. The molecule has 4 heteroatoms. The fraction of sp³-hybridized carbons (Fsp3) is 0.909. The topological polar surface area (TPSA) is 69.6 Å². The first kappa shape index (κ1) is 79.6. The number of nitrogens with one attached hydrogen (secondary N) is 1. The lowest BCUT2D eigenvalue weighted by atomic mass is 10.0. The Labute approximate surface area is 510 Å². The summed E-state index contributed by atoms with van der Waals surface area (Å²) in [7, 11) is 0. The van der Waals surface area contributed by atoms with E-state index in [1.54, 1.807) is 6.08 Å². The van der Waals surface area contributed by atoms with E-state index in [0.717, 1.165) is 32.1 Å². The zero-order valence-electron chi connectivity index (χ0n) is 55.6. The SMILES string of the molecule is CCCCCCCCCC/C=C\CCCCCCCCCCCCCCCCCCCCCCCCCCCCCCCC(=O)NC(CO)C(O)/C=C/CC/C=C/CCCCCCCCCCCCCCCCCCCCCCCC. The minimum Gasteiger partial charge on any atom is -0.394 e. The summed E-state index contributed by atoms with van der Waals surface area (Å²) in [6, 6.07) is -0.639. The third kappa shape index (κ3) is 69.3. The molecule has 0 bridgehead atoms. The average molecular weight is 1140 g/mol. The highest BCUT2D eigenvalue weighted by atomic mass is 16.3. The van der Waals surface area contributed by atoms with Gasteiger partial charge in [0.05, 0.1) is 18.8 Å². The van der Waals surface area contributed by atoms with Gasteiger partial charge in [-0.25, -0.2) is 0 Å². The maximum absolute atomic E-state index is 12.5. The second kappa shape index (κ2) is 72.9. The summed E-state index contributed by atoms with van der Waals surface area (Å²) >= 11 is 0. The number of rotatable bonds is 71. The number of carbonyl (C=O) groups is 1. The number of amides is 1. The van der Waals surface area contributed by atoms with Crippen molar-refractivity contribution in [2.24, 2.45) is 0 Å². The third-order valence-electron chi connectivity index (χ3n) is 17.8. The molecule has 0 fully saturated rings. The van der Waals surface area contributed by atoms with E-state index >= 15 is 0 Å². The van der Waals surface area contributed by atoms with Crippen molar-refractivity contribution in [3.05, 3.63) is 36.5 Å². The summed E-state index contributed by atoms with van der Waals surface area (Å²) < 4.78 is 0. The summed E-state index contributed by atoms with van der Waals surface area (Å²) in [4.78, 5) is 12.5. The lowest BCUT2D eigenvalue weighted by Crippen LogP contribution is -2.45. The zero-order valence-corrected chi connectivity index (χ0v) is 55.6. The number of allylic oxidation sites excluding steroid dienone is 5. The Balaban J connectivity index is 3.40. The highest BCUT2D eigenvalue weighted by Crippen LogP contribution is 2.20. The number of hydrogen-bond donors (Lipinski definition) is 3. The molecular formula is C77H149NO3. The molecule has 0 rings (SSSR count). The second-order valence-electron chi connectivity index (χ2n) is 26.1. The van der Waals surface area contributed by atoms with Crippen LogP contribution in [-0.2, 0) is 4.79 Å². The van der Waals surface area contributed by atoms with Crippen LogP contribution in [0, 0.1) is 0 Å². The van der Waals surface area contributed by atoms with Gasteiger partial charge in [-0.1, -0.05) is 403 Å². The van der Waals surface area contributed by atoms with Crippen molar-refractivity contribution in [3.63, 3.8) is 0 Å². The summed E-state index contributed by atoms with van der Waals surface area (Å²) in [5.41, 5.74) is 0. The molecule has 2 unspecified atom stereocenters. The molecule has 0 aliphatic heterocycles. The van der Waals surface area contributed by atoms with Gasteiger partial charge in [0.25, 0.3) is 0 Å². The van der Waals surface area contributed by atoms with Crippen molar-refractivity contribution in [1.82, 2.24) is 5.32 Å². The normalized spacial score (nSPS) is 12.8. The fourth-order valence-electron chi connectivity index (χ4n) is 12.1. The minimum atomic E-state index is -0.862. The van der Waals surface area contributed by atoms with Gasteiger partial charge in [0.1, 0.15) is 0 Å². The van der Waals surface area contributed by atoms with Crippen molar-refractivity contribution in [1.29, 1.82) is 0 Å². The van der Waals surface area contributed by atoms with Gasteiger partial charge in [0, 0.05) is 6.42 Å². The molecule has 0 aromatic rings. The largest absolute Gasteiger partial charge is 0.394 e. The quantitative estimate of drug-likeness (QED) is 0.0420. The predicted octanol–water partition coefficient (Wildman–Crippen LogP) is 25.9. The molecule has 4 nitrogen and oxygen atoms in total. The van der Waals surface area contributed by atoms with Crippen molar-refractivity contribution in [2.45, 2.75) is 443 Å². The summed E-state index contributed by atoms with van der Waals surface area (Å²) in [5, 5.41) is 23.3. The molecule has 480 valence electrons. The van der Waals surface area contributed by atoms with Crippen LogP contribution in [0.4, 0.5) is 0 Å². The van der Waals surface area contributed by atoms with Gasteiger partial charge >= 0.3 is 0 Å². The highest BCUT2D eigenvalue weighted by molar-refractivity contribution is 5.76. The average Bonchev–Trinajstić information content (AvgIpc) is 3.47. The standard InChI is InChI=1S/C77H149NO3/c1-3-5-7-9-11-13-15-17-19-21-23-25-27-29-31-33-34-35-36-37-38-39-40-41-42-43-44-45-47-49-51-53-55-57-59-61-63-65-67-69-71-73-77(81)78-75(74-79)76(80)72-70-68-66-64-62-60-58-56-54-52-50-48-46-32-30-28-26-24-22-20-18-16-14-12-10-8-6-4-2/h21,23,62,64,70,72,75-76,79-80H,3-20,22,24-61,63,65-69,71,73-74H2,1-2H3,(H,78,81)/b23-21-,64-62+,72-70+. The van der Waals surface area contributed by atoms with E-state index in [4.69, 9.17) is 0 Å². The van der Waals surface area contributed by atoms with Crippen molar-refractivity contribution >= 4 is 5.91 Å². The van der Waals surface area contributed by atoms with Crippen LogP contribution < -0.4 is 5.32 Å². The Morgan fingerprint density at radius 2 is 0.481 bits per heavy atom. The van der Waals surface area contributed by atoms with E-state index in [2.05, 4.69) is 43.5 Å². The van der Waals surface area contributed by atoms with E-state index in [1.807, 2.05) is 6.08 Å². The first-order chi connectivity index (χ1) is 40.2. The Morgan fingerprint density at radius 1 is 0.284 bits per heavy atom. The number of carbonyl (C=O) groups excluding carboxylic acids is 1. The van der Waals surface area contributed by atoms with Gasteiger partial charge in [-0.15, -0.1) is 0 Å². The lowest BCUT2D eigenvalue weighted by molar-refractivity contribution is -0.123. The molecule has 0 aliphatic rings. The Kier molecular flexibility index (Phi) is 71.6. The van der Waals surface area contributed by atoms with E-state index in [0.29, 0.717) is 6.42 Å². The van der Waals surface area contributed by atoms with Gasteiger partial charge in [-0.05, 0) is 57.8 Å². The van der Waals surface area contributed by atoms with E-state index in [1.165, 1.54) is 379 Å². The molecule has 81 heavy (non-hydrogen) atoms. The van der Waals surface area contributed by atoms with Gasteiger partial charge in [0.15, 0.2) is 0 Å². The van der Waals surface area contributed by atoms with Gasteiger partial charge in [-0.2, -0.15) is 0 Å². The van der Waals surface area contributed by atoms with Crippen molar-refractivity contribution < 1.29 is 15.0 Å². The maximum Gasteiger partial charge on any atom is 0.220 e. The molecular weight excluding hydrogens is 987 g/mol. The molecule has 0 aromatic heterocycles. The predicted molar refractivity (Wildman–Crippen MR) is 364 cm³/mol. The van der Waals surface area contributed by atoms with Crippen molar-refractivity contribution in [2.75, 3.05) is 6.61 Å². The number of aliphatic hydroxyl groups is 2. The minimum absolute atomic E-state index is 0.0642. The van der Waals surface area contributed by atoms with E-state index < -0.39 is 12.1 Å². The van der Waals surface area contributed by atoms with Crippen LogP contribution in [0.25, 0.3) is 0 Å². The van der Waals surface area contributed by atoms with Crippen molar-refractivity contribution in [3.8, 4) is 0 Å². The first-order valence-electron chi connectivity index (χ1n) is 37.7. The fourth-order valence-corrected chi connectivity index (χ4v) is 12.1. The van der Waals surface area contributed by atoms with E-state index in [9.17, 15) is 15.0 Å². The van der Waals surface area contributed by atoms with Crippen LogP contribution in [-0.4, -0.2) is 34.9 Å². The first-order valence-corrected chi connectivity index (χ1v) is 37.7. The molecule has 0 heterocycles. The molecule has 3 N–H and O–H groups in total. The Morgan fingerprint density at radius 3 is 0.716 bits per heavy atom. The number of aliphatic hydroxyl groups excluding tert-OH is 2. The van der Waals surface area contributed by atoms with Gasteiger partial charge in [-0.3, -0.25) is 4.79 Å². The summed E-state index contributed by atoms with van der Waals surface area (Å²) in [6.07, 6.45) is 101. The third-order valence-corrected chi connectivity index (χ3v) is 17.8. The van der Waals surface area contributed by atoms with Crippen LogP contribution in [0.5, 0.6) is 0 Å². The highest BCUT2D eigenvalue weighted by Gasteiger charge is 2.18. The Bertz CT molecular complexity index is 1240. The summed E-state index contributed by atoms with van der Waals surface area (Å²) in [5.74, 6) is -0.0642.